The SMILES string of the molecule is CCC(Nc1nc(N)nc(N)c1C#N)c1nc2c(C#N)cccc2c(=O)n1-c1ccn[nH]1. The molecular weight excluding hydrogens is 410 g/mol. The van der Waals surface area contributed by atoms with Crippen molar-refractivity contribution in [1.29, 1.82) is 10.5 Å². The molecule has 0 aliphatic rings. The lowest BCUT2D eigenvalue weighted by atomic mass is 10.1. The van der Waals surface area contributed by atoms with Crippen LogP contribution in [0.4, 0.5) is 17.6 Å². The second-order valence-electron chi connectivity index (χ2n) is 6.77. The van der Waals surface area contributed by atoms with Crippen molar-refractivity contribution < 1.29 is 0 Å². The highest BCUT2D eigenvalue weighted by Crippen LogP contribution is 2.27. The van der Waals surface area contributed by atoms with Gasteiger partial charge in [0, 0.05) is 6.07 Å². The van der Waals surface area contributed by atoms with Gasteiger partial charge in [-0.15, -0.1) is 0 Å². The Hall–Kier alpha value is -4.97. The Morgan fingerprint density at radius 3 is 2.66 bits per heavy atom. The molecule has 0 saturated carbocycles. The first-order valence-corrected chi connectivity index (χ1v) is 9.53. The minimum absolute atomic E-state index is 0.0200. The summed E-state index contributed by atoms with van der Waals surface area (Å²) < 4.78 is 1.37. The van der Waals surface area contributed by atoms with Crippen molar-refractivity contribution in [3.63, 3.8) is 0 Å². The van der Waals surface area contributed by atoms with Crippen molar-refractivity contribution in [3.05, 3.63) is 57.8 Å². The van der Waals surface area contributed by atoms with Gasteiger partial charge in [0.05, 0.1) is 28.7 Å². The summed E-state index contributed by atoms with van der Waals surface area (Å²) in [6, 6.07) is 9.87. The number of H-pyrrole nitrogens is 1. The van der Waals surface area contributed by atoms with Crippen molar-refractivity contribution in [2.24, 2.45) is 0 Å². The van der Waals surface area contributed by atoms with Gasteiger partial charge in [0.25, 0.3) is 5.56 Å². The summed E-state index contributed by atoms with van der Waals surface area (Å²) in [7, 11) is 0. The number of hydrogen-bond donors (Lipinski definition) is 4. The minimum atomic E-state index is -0.608. The zero-order chi connectivity index (χ0) is 22.8. The van der Waals surface area contributed by atoms with E-state index in [9.17, 15) is 15.3 Å². The molecule has 0 aliphatic carbocycles. The average molecular weight is 427 g/mol. The summed E-state index contributed by atoms with van der Waals surface area (Å²) in [5.41, 5.74) is 11.7. The van der Waals surface area contributed by atoms with Gasteiger partial charge >= 0.3 is 0 Å². The normalized spacial score (nSPS) is 11.6. The standard InChI is InChI=1S/C20H17N11O/c1-2-13(26-17-12(9-22)16(23)28-20(24)29-17)18-27-15-10(8-21)4-3-5-11(15)19(32)31(18)14-6-7-25-30-14/h3-7,13H,2H2,1H3,(H,25,30)(H5,23,24,26,28,29). The fourth-order valence-electron chi connectivity index (χ4n) is 3.38. The number of nitriles is 2. The van der Waals surface area contributed by atoms with Crippen LogP contribution in [0.1, 0.15) is 36.3 Å². The Kier molecular flexibility index (Phi) is 5.10. The van der Waals surface area contributed by atoms with Crippen molar-refractivity contribution in [3.8, 4) is 18.0 Å². The first kappa shape index (κ1) is 20.3. The van der Waals surface area contributed by atoms with E-state index in [0.29, 0.717) is 12.2 Å². The third-order valence-electron chi connectivity index (χ3n) is 4.87. The molecule has 158 valence electrons. The summed E-state index contributed by atoms with van der Waals surface area (Å²) in [4.78, 5) is 26.0. The minimum Gasteiger partial charge on any atom is -0.382 e. The van der Waals surface area contributed by atoms with E-state index in [1.165, 1.54) is 10.8 Å². The van der Waals surface area contributed by atoms with E-state index in [4.69, 9.17) is 11.5 Å². The molecule has 12 nitrogen and oxygen atoms in total. The van der Waals surface area contributed by atoms with E-state index in [1.54, 1.807) is 24.3 Å². The Labute approximate surface area is 181 Å². The predicted molar refractivity (Wildman–Crippen MR) is 116 cm³/mol. The van der Waals surface area contributed by atoms with E-state index in [0.717, 1.165) is 0 Å². The molecule has 1 aromatic carbocycles. The molecule has 32 heavy (non-hydrogen) atoms. The monoisotopic (exact) mass is 427 g/mol. The first-order chi connectivity index (χ1) is 15.5. The zero-order valence-electron chi connectivity index (χ0n) is 16.9. The molecule has 0 spiro atoms. The molecule has 0 radical (unpaired) electrons. The average Bonchev–Trinajstić information content (AvgIpc) is 3.31. The van der Waals surface area contributed by atoms with Crippen molar-refractivity contribution >= 4 is 28.5 Å². The Balaban J connectivity index is 1.98. The highest BCUT2D eigenvalue weighted by atomic mass is 16.1. The van der Waals surface area contributed by atoms with Crippen LogP contribution in [0.15, 0.2) is 35.3 Å². The van der Waals surface area contributed by atoms with Gasteiger partial charge in [-0.25, -0.2) is 9.55 Å². The molecule has 4 rings (SSSR count). The van der Waals surface area contributed by atoms with Gasteiger partial charge in [0.2, 0.25) is 5.95 Å². The summed E-state index contributed by atoms with van der Waals surface area (Å²) in [6.45, 7) is 1.86. The summed E-state index contributed by atoms with van der Waals surface area (Å²) in [6.07, 6.45) is 1.95. The van der Waals surface area contributed by atoms with E-state index < -0.39 is 6.04 Å². The molecule has 6 N–H and O–H groups in total. The van der Waals surface area contributed by atoms with Crippen LogP contribution >= 0.6 is 0 Å². The van der Waals surface area contributed by atoms with E-state index in [-0.39, 0.29) is 51.0 Å². The van der Waals surface area contributed by atoms with Crippen LogP contribution in [0.5, 0.6) is 0 Å². The van der Waals surface area contributed by atoms with Gasteiger partial charge in [0.15, 0.2) is 5.82 Å². The molecular formula is C20H17N11O. The molecule has 0 bridgehead atoms. The molecule has 3 aromatic heterocycles. The molecule has 1 unspecified atom stereocenters. The highest BCUT2D eigenvalue weighted by molar-refractivity contribution is 5.83. The maximum absolute atomic E-state index is 13.4. The van der Waals surface area contributed by atoms with Gasteiger partial charge in [-0.1, -0.05) is 13.0 Å². The Bertz CT molecular complexity index is 1460. The fourth-order valence-corrected chi connectivity index (χ4v) is 3.38. The van der Waals surface area contributed by atoms with Gasteiger partial charge in [0.1, 0.15) is 35.2 Å². The number of aromatic nitrogens is 6. The van der Waals surface area contributed by atoms with Crippen LogP contribution < -0.4 is 22.3 Å². The van der Waals surface area contributed by atoms with Crippen LogP contribution in [0, 0.1) is 22.7 Å². The molecule has 4 aromatic rings. The molecule has 12 heteroatoms. The number of fused-ring (bicyclic) bond motifs is 1. The number of para-hydroxylation sites is 1. The number of nitrogens with two attached hydrogens (primary N) is 2. The molecule has 0 aliphatic heterocycles. The maximum Gasteiger partial charge on any atom is 0.267 e. The second kappa shape index (κ2) is 8.04. The Morgan fingerprint density at radius 1 is 1.19 bits per heavy atom. The predicted octanol–water partition coefficient (Wildman–Crippen LogP) is 1.37. The van der Waals surface area contributed by atoms with Gasteiger partial charge in [-0.3, -0.25) is 9.89 Å². The zero-order valence-corrected chi connectivity index (χ0v) is 16.9. The highest BCUT2D eigenvalue weighted by Gasteiger charge is 2.24. The lowest BCUT2D eigenvalue weighted by Gasteiger charge is -2.22. The number of hydrogen-bond acceptors (Lipinski definition) is 10. The van der Waals surface area contributed by atoms with Crippen LogP contribution in [-0.4, -0.2) is 29.7 Å². The van der Waals surface area contributed by atoms with Crippen molar-refractivity contribution in [1.82, 2.24) is 29.7 Å². The number of benzene rings is 1. The van der Waals surface area contributed by atoms with Gasteiger partial charge in [-0.2, -0.15) is 25.6 Å². The molecule has 3 heterocycles. The topological polar surface area (TPSA) is 201 Å². The van der Waals surface area contributed by atoms with Crippen LogP contribution in [0.2, 0.25) is 0 Å². The lowest BCUT2D eigenvalue weighted by Crippen LogP contribution is -2.29. The quantitative estimate of drug-likeness (QED) is 0.360. The van der Waals surface area contributed by atoms with E-state index in [1.807, 2.05) is 13.0 Å². The molecule has 0 amide bonds. The third-order valence-corrected chi connectivity index (χ3v) is 4.87. The Morgan fingerprint density at radius 2 is 2.00 bits per heavy atom. The van der Waals surface area contributed by atoms with E-state index in [2.05, 4.69) is 36.5 Å². The van der Waals surface area contributed by atoms with Gasteiger partial charge in [-0.05, 0) is 18.6 Å². The number of nitrogen functional groups attached to an aromatic ring is 2. The fraction of sp³-hybridized carbons (Fsp3) is 0.150. The molecule has 0 saturated heterocycles. The number of nitrogens with one attached hydrogen (secondary N) is 2. The number of nitrogens with zero attached hydrogens (tertiary/aromatic N) is 7. The maximum atomic E-state index is 13.4. The molecule has 1 atom stereocenters. The van der Waals surface area contributed by atoms with E-state index >= 15 is 0 Å². The lowest BCUT2D eigenvalue weighted by molar-refractivity contribution is 0.652. The first-order valence-electron chi connectivity index (χ1n) is 9.53. The number of aromatic amines is 1. The third kappa shape index (κ3) is 3.32. The number of anilines is 3. The number of rotatable bonds is 5. The second-order valence-corrected chi connectivity index (χ2v) is 6.77. The summed E-state index contributed by atoms with van der Waals surface area (Å²) >= 11 is 0. The van der Waals surface area contributed by atoms with Crippen LogP contribution in [0.3, 0.4) is 0 Å². The van der Waals surface area contributed by atoms with Gasteiger partial charge < -0.3 is 16.8 Å². The summed E-state index contributed by atoms with van der Waals surface area (Å²) in [5, 5.41) is 29.1. The molecule has 0 fully saturated rings. The summed E-state index contributed by atoms with van der Waals surface area (Å²) in [5.74, 6) is 0.619. The largest absolute Gasteiger partial charge is 0.382 e. The van der Waals surface area contributed by atoms with Crippen LogP contribution in [0.25, 0.3) is 16.7 Å². The van der Waals surface area contributed by atoms with Crippen molar-refractivity contribution in [2.45, 2.75) is 19.4 Å². The smallest absolute Gasteiger partial charge is 0.267 e. The van der Waals surface area contributed by atoms with Crippen LogP contribution in [-0.2, 0) is 0 Å². The van der Waals surface area contributed by atoms with Crippen molar-refractivity contribution in [2.75, 3.05) is 16.8 Å².